The molecule has 1 aliphatic heterocycles. The first-order valence-electron chi connectivity index (χ1n) is 9.78. The van der Waals surface area contributed by atoms with Gasteiger partial charge in [-0.25, -0.2) is 4.98 Å². The number of para-hydroxylation sites is 2. The topological polar surface area (TPSA) is 125 Å². The molecule has 1 aromatic heterocycles. The van der Waals surface area contributed by atoms with Crippen molar-refractivity contribution in [2.75, 3.05) is 26.3 Å². The van der Waals surface area contributed by atoms with Gasteiger partial charge < -0.3 is 25.0 Å². The van der Waals surface area contributed by atoms with E-state index in [1.54, 1.807) is 24.0 Å². The van der Waals surface area contributed by atoms with E-state index in [1.807, 2.05) is 12.1 Å². The van der Waals surface area contributed by atoms with Crippen molar-refractivity contribution in [2.45, 2.75) is 38.3 Å². The molecule has 1 aliphatic rings. The van der Waals surface area contributed by atoms with E-state index in [9.17, 15) is 19.5 Å². The standard InChI is InChI=1S/C20H26N4O5/c1-2-29-12-18(26)22-16-11-24(10-9-17(16)25)19(27)8-7-15-20(28)23-14-6-4-3-5-13(14)21-15/h3-6,16-17,25H,2,7-12H2,1H3,(H,22,26)(H,23,28)/t16-,17+/m1/s1. The number of aliphatic hydroxyl groups is 1. The molecule has 9 nitrogen and oxygen atoms in total. The fourth-order valence-electron chi connectivity index (χ4n) is 3.37. The molecular formula is C20H26N4O5. The van der Waals surface area contributed by atoms with Crippen molar-refractivity contribution in [1.29, 1.82) is 0 Å². The maximum atomic E-state index is 12.6. The van der Waals surface area contributed by atoms with Crippen LogP contribution in [0.5, 0.6) is 0 Å². The Bertz CT molecular complexity index is 928. The number of H-pyrrole nitrogens is 1. The Balaban J connectivity index is 1.58. The molecule has 9 heteroatoms. The number of nitrogens with zero attached hydrogens (tertiary/aromatic N) is 2. The molecule has 0 radical (unpaired) electrons. The number of fused-ring (bicyclic) bond motifs is 1. The molecule has 0 spiro atoms. The van der Waals surface area contributed by atoms with Crippen LogP contribution < -0.4 is 10.9 Å². The van der Waals surface area contributed by atoms with Crippen LogP contribution in [0.1, 0.15) is 25.5 Å². The highest BCUT2D eigenvalue weighted by Crippen LogP contribution is 2.14. The third-order valence-electron chi connectivity index (χ3n) is 4.96. The first-order chi connectivity index (χ1) is 14.0. The highest BCUT2D eigenvalue weighted by molar-refractivity contribution is 5.79. The van der Waals surface area contributed by atoms with Crippen LogP contribution in [0, 0.1) is 0 Å². The maximum absolute atomic E-state index is 12.6. The summed E-state index contributed by atoms with van der Waals surface area (Å²) in [6, 6.07) is 6.69. The van der Waals surface area contributed by atoms with Crippen LogP contribution in [0.3, 0.4) is 0 Å². The second-order valence-electron chi connectivity index (χ2n) is 7.04. The smallest absolute Gasteiger partial charge is 0.270 e. The summed E-state index contributed by atoms with van der Waals surface area (Å²) in [5.41, 5.74) is 1.35. The normalized spacial score (nSPS) is 19.3. The van der Waals surface area contributed by atoms with Gasteiger partial charge in [-0.3, -0.25) is 14.4 Å². The molecule has 0 bridgehead atoms. The molecule has 0 aliphatic carbocycles. The van der Waals surface area contributed by atoms with Crippen molar-refractivity contribution >= 4 is 22.8 Å². The molecule has 3 N–H and O–H groups in total. The summed E-state index contributed by atoms with van der Waals surface area (Å²) in [6.07, 6.45) is 0.0126. The number of aromatic nitrogens is 2. The Kier molecular flexibility index (Phi) is 6.95. The number of carbonyl (C=O) groups excluding carboxylic acids is 2. The number of piperidine rings is 1. The van der Waals surface area contributed by atoms with Crippen molar-refractivity contribution in [1.82, 2.24) is 20.2 Å². The Labute approximate surface area is 168 Å². The first kappa shape index (κ1) is 20.9. The third-order valence-corrected chi connectivity index (χ3v) is 4.96. The predicted molar refractivity (Wildman–Crippen MR) is 106 cm³/mol. The maximum Gasteiger partial charge on any atom is 0.270 e. The lowest BCUT2D eigenvalue weighted by Gasteiger charge is -2.36. The molecule has 1 fully saturated rings. The van der Waals surface area contributed by atoms with Gasteiger partial charge in [-0.05, 0) is 25.5 Å². The number of hydrogen-bond donors (Lipinski definition) is 3. The number of hydrogen-bond acceptors (Lipinski definition) is 6. The number of rotatable bonds is 7. The number of aromatic amines is 1. The zero-order chi connectivity index (χ0) is 20.8. The number of amides is 2. The van der Waals surface area contributed by atoms with Gasteiger partial charge in [0.1, 0.15) is 12.3 Å². The fraction of sp³-hybridized carbons (Fsp3) is 0.500. The largest absolute Gasteiger partial charge is 0.391 e. The van der Waals surface area contributed by atoms with Crippen LogP contribution in [0.4, 0.5) is 0 Å². The van der Waals surface area contributed by atoms with Crippen molar-refractivity contribution in [3.05, 3.63) is 40.3 Å². The van der Waals surface area contributed by atoms with E-state index >= 15 is 0 Å². The lowest BCUT2D eigenvalue weighted by Crippen LogP contribution is -2.57. The monoisotopic (exact) mass is 402 g/mol. The van der Waals surface area contributed by atoms with Gasteiger partial charge >= 0.3 is 0 Å². The third kappa shape index (κ3) is 5.39. The summed E-state index contributed by atoms with van der Waals surface area (Å²) in [4.78, 5) is 45.4. The van der Waals surface area contributed by atoms with E-state index in [0.717, 1.165) is 0 Å². The van der Waals surface area contributed by atoms with Gasteiger partial charge in [-0.2, -0.15) is 0 Å². The number of carbonyl (C=O) groups is 2. The Morgan fingerprint density at radius 3 is 2.97 bits per heavy atom. The van der Waals surface area contributed by atoms with Crippen molar-refractivity contribution < 1.29 is 19.4 Å². The average molecular weight is 402 g/mol. The molecular weight excluding hydrogens is 376 g/mol. The van der Waals surface area contributed by atoms with Crippen LogP contribution in [0.25, 0.3) is 11.0 Å². The van der Waals surface area contributed by atoms with E-state index in [-0.39, 0.29) is 43.4 Å². The summed E-state index contributed by atoms with van der Waals surface area (Å²) >= 11 is 0. The number of aliphatic hydroxyl groups excluding tert-OH is 1. The molecule has 2 aromatic rings. The molecule has 2 amide bonds. The van der Waals surface area contributed by atoms with E-state index < -0.39 is 12.1 Å². The number of likely N-dealkylation sites (tertiary alicyclic amines) is 1. The highest BCUT2D eigenvalue weighted by atomic mass is 16.5. The molecule has 2 atom stereocenters. The van der Waals surface area contributed by atoms with Gasteiger partial charge in [-0.15, -0.1) is 0 Å². The summed E-state index contributed by atoms with van der Waals surface area (Å²) in [6.45, 7) is 2.76. The molecule has 1 aromatic carbocycles. The minimum atomic E-state index is -0.713. The summed E-state index contributed by atoms with van der Waals surface area (Å²) < 4.78 is 5.06. The van der Waals surface area contributed by atoms with E-state index in [2.05, 4.69) is 15.3 Å². The van der Waals surface area contributed by atoms with Gasteiger partial charge in [0.25, 0.3) is 5.56 Å². The van der Waals surface area contributed by atoms with Gasteiger partial charge in [0.05, 0.1) is 23.2 Å². The number of nitrogens with one attached hydrogen (secondary N) is 2. The van der Waals surface area contributed by atoms with Gasteiger partial charge in [0, 0.05) is 32.5 Å². The zero-order valence-corrected chi connectivity index (χ0v) is 16.4. The predicted octanol–water partition coefficient (Wildman–Crippen LogP) is -0.0298. The van der Waals surface area contributed by atoms with Gasteiger partial charge in [-0.1, -0.05) is 12.1 Å². The number of benzene rings is 1. The van der Waals surface area contributed by atoms with Crippen LogP contribution in [-0.2, 0) is 20.7 Å². The molecule has 3 rings (SSSR count). The SMILES string of the molecule is CCOCC(=O)N[C@@H]1CN(C(=O)CCc2nc3ccccc3[nH]c2=O)CC[C@@H]1O. The van der Waals surface area contributed by atoms with Crippen LogP contribution in [0.15, 0.2) is 29.1 Å². The van der Waals surface area contributed by atoms with E-state index in [1.165, 1.54) is 0 Å². The van der Waals surface area contributed by atoms with Crippen LogP contribution in [-0.4, -0.2) is 70.2 Å². The summed E-state index contributed by atoms with van der Waals surface area (Å²) in [5.74, 6) is -0.465. The first-order valence-corrected chi connectivity index (χ1v) is 9.78. The van der Waals surface area contributed by atoms with Gasteiger partial charge in [0.15, 0.2) is 0 Å². The molecule has 29 heavy (non-hydrogen) atoms. The van der Waals surface area contributed by atoms with Crippen LogP contribution >= 0.6 is 0 Å². The van der Waals surface area contributed by atoms with Crippen molar-refractivity contribution in [3.8, 4) is 0 Å². The van der Waals surface area contributed by atoms with E-state index in [4.69, 9.17) is 4.74 Å². The van der Waals surface area contributed by atoms with Crippen LogP contribution in [0.2, 0.25) is 0 Å². The Morgan fingerprint density at radius 2 is 2.17 bits per heavy atom. The minimum absolute atomic E-state index is 0.0793. The average Bonchev–Trinajstić information content (AvgIpc) is 2.72. The second kappa shape index (κ2) is 9.62. The highest BCUT2D eigenvalue weighted by Gasteiger charge is 2.31. The molecule has 1 saturated heterocycles. The van der Waals surface area contributed by atoms with Crippen molar-refractivity contribution in [3.63, 3.8) is 0 Å². The summed E-state index contributed by atoms with van der Waals surface area (Å²) in [7, 11) is 0. The molecule has 156 valence electrons. The fourth-order valence-corrected chi connectivity index (χ4v) is 3.37. The Hall–Kier alpha value is -2.78. The Morgan fingerprint density at radius 1 is 1.38 bits per heavy atom. The lowest BCUT2D eigenvalue weighted by molar-refractivity contribution is -0.136. The lowest BCUT2D eigenvalue weighted by atomic mass is 10.0. The second-order valence-corrected chi connectivity index (χ2v) is 7.04. The molecule has 0 saturated carbocycles. The zero-order valence-electron chi connectivity index (χ0n) is 16.4. The minimum Gasteiger partial charge on any atom is -0.391 e. The van der Waals surface area contributed by atoms with E-state index in [0.29, 0.717) is 36.3 Å². The van der Waals surface area contributed by atoms with Crippen molar-refractivity contribution in [2.24, 2.45) is 0 Å². The molecule has 0 unspecified atom stereocenters. The quantitative estimate of drug-likeness (QED) is 0.597. The number of ether oxygens (including phenoxy) is 1. The number of aryl methyl sites for hydroxylation is 1. The van der Waals surface area contributed by atoms with Gasteiger partial charge in [0.2, 0.25) is 11.8 Å². The summed E-state index contributed by atoms with van der Waals surface area (Å²) in [5, 5.41) is 12.9. The molecule has 2 heterocycles.